The van der Waals surface area contributed by atoms with Gasteiger partial charge >= 0.3 is 11.9 Å². The van der Waals surface area contributed by atoms with E-state index in [2.05, 4.69) is 63.3 Å². The maximum Gasteiger partial charge on any atom is 0.306 e. The highest BCUT2D eigenvalue weighted by atomic mass is 16.6. The Balaban J connectivity index is 4.32. The Labute approximate surface area is 348 Å². The van der Waals surface area contributed by atoms with Gasteiger partial charge in [-0.05, 0) is 44.9 Å². The van der Waals surface area contributed by atoms with Crippen molar-refractivity contribution in [3.63, 3.8) is 0 Å². The van der Waals surface area contributed by atoms with E-state index in [1.165, 1.54) is 148 Å². The smallest absolute Gasteiger partial charge is 0.306 e. The molecule has 0 aromatic carbocycles. The standard InChI is InChI=1S/C51H92O5/c1-4-7-10-13-16-19-22-25-28-31-34-37-40-43-46-54-47-49(56-51(53)45-42-39-36-33-30-27-24-21-18-15-12-9-6-3)48-55-50(52)44-41-38-35-32-29-26-23-20-17-14-11-8-5-2/h8,11,17,20,26,29,35,38,49H,4-7,9-10,12-16,18-19,21-25,27-28,30-34,36-37,39-48H2,1-3H3/b11-8-,20-17-,29-26-,38-35-. The summed E-state index contributed by atoms with van der Waals surface area (Å²) in [7, 11) is 0. The van der Waals surface area contributed by atoms with Crippen LogP contribution < -0.4 is 0 Å². The van der Waals surface area contributed by atoms with Crippen molar-refractivity contribution in [2.45, 2.75) is 245 Å². The molecule has 0 amide bonds. The number of carbonyl (C=O) groups excluding carboxylic acids is 2. The van der Waals surface area contributed by atoms with E-state index in [1.807, 2.05) is 6.08 Å². The summed E-state index contributed by atoms with van der Waals surface area (Å²) in [6.07, 6.45) is 57.0. The first-order chi connectivity index (χ1) is 27.6. The van der Waals surface area contributed by atoms with Crippen molar-refractivity contribution < 1.29 is 23.8 Å². The van der Waals surface area contributed by atoms with E-state index in [4.69, 9.17) is 14.2 Å². The summed E-state index contributed by atoms with van der Waals surface area (Å²) in [4.78, 5) is 25.2. The van der Waals surface area contributed by atoms with Crippen molar-refractivity contribution in [1.82, 2.24) is 0 Å². The zero-order valence-electron chi connectivity index (χ0n) is 37.4. The number of carbonyl (C=O) groups is 2. The summed E-state index contributed by atoms with van der Waals surface area (Å²) in [5, 5.41) is 0. The van der Waals surface area contributed by atoms with Gasteiger partial charge in [0.05, 0.1) is 6.61 Å². The number of ether oxygens (including phenoxy) is 3. The maximum absolute atomic E-state index is 12.7. The van der Waals surface area contributed by atoms with Crippen LogP contribution in [0.4, 0.5) is 0 Å². The van der Waals surface area contributed by atoms with E-state index in [-0.39, 0.29) is 25.2 Å². The zero-order valence-corrected chi connectivity index (χ0v) is 37.4. The molecule has 0 saturated heterocycles. The molecule has 5 heteroatoms. The lowest BCUT2D eigenvalue weighted by Gasteiger charge is -2.18. The van der Waals surface area contributed by atoms with E-state index in [0.29, 0.717) is 25.9 Å². The molecule has 0 N–H and O–H groups in total. The van der Waals surface area contributed by atoms with E-state index < -0.39 is 6.10 Å². The zero-order chi connectivity index (χ0) is 40.7. The topological polar surface area (TPSA) is 61.8 Å². The first kappa shape index (κ1) is 53.9. The van der Waals surface area contributed by atoms with Gasteiger partial charge < -0.3 is 14.2 Å². The molecule has 0 aromatic rings. The molecule has 0 radical (unpaired) electrons. The fourth-order valence-electron chi connectivity index (χ4n) is 6.82. The van der Waals surface area contributed by atoms with Gasteiger partial charge in [-0.3, -0.25) is 9.59 Å². The van der Waals surface area contributed by atoms with Gasteiger partial charge in [-0.25, -0.2) is 0 Å². The minimum atomic E-state index is -0.558. The average molecular weight is 785 g/mol. The summed E-state index contributed by atoms with van der Waals surface area (Å²) < 4.78 is 17.3. The third-order valence-electron chi connectivity index (χ3n) is 10.4. The van der Waals surface area contributed by atoms with Crippen LogP contribution in [0.1, 0.15) is 239 Å². The second-order valence-electron chi connectivity index (χ2n) is 16.0. The molecule has 0 heterocycles. The van der Waals surface area contributed by atoms with E-state index >= 15 is 0 Å². The van der Waals surface area contributed by atoms with Gasteiger partial charge in [-0.2, -0.15) is 0 Å². The Hall–Kier alpha value is -2.14. The summed E-state index contributed by atoms with van der Waals surface area (Å²) in [5.74, 6) is -0.481. The largest absolute Gasteiger partial charge is 0.462 e. The van der Waals surface area contributed by atoms with Crippen LogP contribution in [0.15, 0.2) is 48.6 Å². The number of rotatable bonds is 44. The highest BCUT2D eigenvalue weighted by molar-refractivity contribution is 5.70. The molecule has 1 atom stereocenters. The monoisotopic (exact) mass is 785 g/mol. The second-order valence-corrected chi connectivity index (χ2v) is 16.0. The fourth-order valence-corrected chi connectivity index (χ4v) is 6.82. The molecule has 0 aliphatic heterocycles. The van der Waals surface area contributed by atoms with Gasteiger partial charge in [-0.15, -0.1) is 0 Å². The first-order valence-electron chi connectivity index (χ1n) is 24.2. The molecule has 5 nitrogen and oxygen atoms in total. The van der Waals surface area contributed by atoms with Gasteiger partial charge in [-0.1, -0.05) is 230 Å². The van der Waals surface area contributed by atoms with Gasteiger partial charge in [0.25, 0.3) is 0 Å². The van der Waals surface area contributed by atoms with Crippen LogP contribution in [0.3, 0.4) is 0 Å². The Bertz CT molecular complexity index is 935. The minimum absolute atomic E-state index is 0.0517. The average Bonchev–Trinajstić information content (AvgIpc) is 3.20. The number of allylic oxidation sites excluding steroid dienone is 8. The molecule has 326 valence electrons. The number of hydrogen-bond acceptors (Lipinski definition) is 5. The number of esters is 2. The van der Waals surface area contributed by atoms with Crippen LogP contribution in [0.25, 0.3) is 0 Å². The molecule has 0 bridgehead atoms. The Morgan fingerprint density at radius 1 is 0.411 bits per heavy atom. The molecule has 0 rings (SSSR count). The van der Waals surface area contributed by atoms with E-state index in [9.17, 15) is 9.59 Å². The first-order valence-corrected chi connectivity index (χ1v) is 24.2. The lowest BCUT2D eigenvalue weighted by atomic mass is 10.0. The van der Waals surface area contributed by atoms with Crippen molar-refractivity contribution in [1.29, 1.82) is 0 Å². The summed E-state index contributed by atoms with van der Waals surface area (Å²) in [6, 6.07) is 0. The third kappa shape index (κ3) is 44.6. The number of unbranched alkanes of at least 4 members (excludes halogenated alkanes) is 25. The highest BCUT2D eigenvalue weighted by Gasteiger charge is 2.17. The van der Waals surface area contributed by atoms with Gasteiger partial charge in [0.1, 0.15) is 6.61 Å². The van der Waals surface area contributed by atoms with Crippen molar-refractivity contribution >= 4 is 11.9 Å². The minimum Gasteiger partial charge on any atom is -0.462 e. The lowest BCUT2D eigenvalue weighted by Crippen LogP contribution is -2.30. The predicted octanol–water partition coefficient (Wildman–Crippen LogP) is 16.0. The molecule has 0 saturated carbocycles. The fraction of sp³-hybridized carbons (Fsp3) is 0.804. The Kier molecular flexibility index (Phi) is 45.4. The van der Waals surface area contributed by atoms with Crippen LogP contribution in [-0.2, 0) is 23.8 Å². The molecule has 0 aliphatic carbocycles. The third-order valence-corrected chi connectivity index (χ3v) is 10.4. The molecule has 1 unspecified atom stereocenters. The van der Waals surface area contributed by atoms with Gasteiger partial charge in [0, 0.05) is 19.4 Å². The molecule has 56 heavy (non-hydrogen) atoms. The SMILES string of the molecule is CC/C=C\C/C=C\C/C=C\C/C=C\CCC(=O)OCC(COCCCCCCCCCCCCCCCC)OC(=O)CCCCCCCCCCCCCCC. The second kappa shape index (κ2) is 47.2. The van der Waals surface area contributed by atoms with Crippen molar-refractivity contribution in [2.24, 2.45) is 0 Å². The molecule has 0 aromatic heterocycles. The molecule has 0 fully saturated rings. The predicted molar refractivity (Wildman–Crippen MR) is 242 cm³/mol. The van der Waals surface area contributed by atoms with Gasteiger partial charge in [0.15, 0.2) is 6.10 Å². The van der Waals surface area contributed by atoms with Crippen molar-refractivity contribution in [3.8, 4) is 0 Å². The summed E-state index contributed by atoms with van der Waals surface area (Å²) in [6.45, 7) is 7.66. The van der Waals surface area contributed by atoms with E-state index in [1.54, 1.807) is 0 Å². The van der Waals surface area contributed by atoms with Crippen molar-refractivity contribution in [2.75, 3.05) is 19.8 Å². The normalized spacial score (nSPS) is 12.6. The van der Waals surface area contributed by atoms with Crippen molar-refractivity contribution in [3.05, 3.63) is 48.6 Å². The highest BCUT2D eigenvalue weighted by Crippen LogP contribution is 2.15. The Morgan fingerprint density at radius 3 is 1.25 bits per heavy atom. The molecular formula is C51H92O5. The molecular weight excluding hydrogens is 693 g/mol. The van der Waals surface area contributed by atoms with Gasteiger partial charge in [0.2, 0.25) is 0 Å². The van der Waals surface area contributed by atoms with Crippen LogP contribution in [-0.4, -0.2) is 37.9 Å². The van der Waals surface area contributed by atoms with Crippen LogP contribution >= 0.6 is 0 Å². The van der Waals surface area contributed by atoms with Crippen LogP contribution in [0, 0.1) is 0 Å². The lowest BCUT2D eigenvalue weighted by molar-refractivity contribution is -0.162. The maximum atomic E-state index is 12.7. The van der Waals surface area contributed by atoms with E-state index in [0.717, 1.165) is 51.4 Å². The molecule has 0 spiro atoms. The summed E-state index contributed by atoms with van der Waals surface area (Å²) >= 11 is 0. The number of hydrogen-bond donors (Lipinski definition) is 0. The molecule has 0 aliphatic rings. The quantitative estimate of drug-likeness (QED) is 0.0350. The van der Waals surface area contributed by atoms with Crippen LogP contribution in [0.5, 0.6) is 0 Å². The van der Waals surface area contributed by atoms with Crippen LogP contribution in [0.2, 0.25) is 0 Å². The summed E-state index contributed by atoms with van der Waals surface area (Å²) in [5.41, 5.74) is 0. The Morgan fingerprint density at radius 2 is 0.804 bits per heavy atom.